The van der Waals surface area contributed by atoms with Crippen molar-refractivity contribution in [2.75, 3.05) is 0 Å². The summed E-state index contributed by atoms with van der Waals surface area (Å²) in [6.07, 6.45) is 0.947. The first-order valence-electron chi connectivity index (χ1n) is 3.77. The van der Waals surface area contributed by atoms with E-state index in [2.05, 4.69) is 0 Å². The summed E-state index contributed by atoms with van der Waals surface area (Å²) in [5.74, 6) is 0. The van der Waals surface area contributed by atoms with Gasteiger partial charge in [0.1, 0.15) is 6.29 Å². The van der Waals surface area contributed by atoms with Gasteiger partial charge in [-0.1, -0.05) is 34.8 Å². The average molecular weight is 272 g/mol. The van der Waals surface area contributed by atoms with Crippen LogP contribution in [0.2, 0.25) is 15.1 Å². The van der Waals surface area contributed by atoms with Crippen molar-refractivity contribution in [3.63, 3.8) is 0 Å². The van der Waals surface area contributed by atoms with E-state index in [0.29, 0.717) is 33.3 Å². The van der Waals surface area contributed by atoms with Crippen molar-refractivity contribution in [2.45, 2.75) is 11.8 Å². The van der Waals surface area contributed by atoms with Crippen LogP contribution in [0.25, 0.3) is 0 Å². The topological polar surface area (TPSA) is 17.1 Å². The van der Waals surface area contributed by atoms with Crippen LogP contribution in [0.5, 0.6) is 0 Å². The van der Waals surface area contributed by atoms with Gasteiger partial charge < -0.3 is 4.79 Å². The summed E-state index contributed by atoms with van der Waals surface area (Å²) < 4.78 is 0. The summed E-state index contributed by atoms with van der Waals surface area (Å²) in [6, 6.07) is 3.14. The molecule has 0 aliphatic rings. The molecular weight excluding hydrogens is 266 g/mol. The number of carbonyl (C=O) groups excluding carboxylic acids is 1. The van der Waals surface area contributed by atoms with Crippen molar-refractivity contribution < 1.29 is 4.79 Å². The Morgan fingerprint density at radius 3 is 2.14 bits per heavy atom. The number of aldehydes is 1. The first kappa shape index (κ1) is 12.1. The van der Waals surface area contributed by atoms with Gasteiger partial charge in [0.25, 0.3) is 0 Å². The summed E-state index contributed by atoms with van der Waals surface area (Å²) in [5.41, 5.74) is 0.643. The van der Waals surface area contributed by atoms with Gasteiger partial charge in [-0.15, -0.1) is 11.6 Å². The number of hydrogen-bond donors (Lipinski definition) is 0. The van der Waals surface area contributed by atoms with Crippen LogP contribution in [-0.4, -0.2) is 11.7 Å². The molecule has 0 aliphatic carbocycles. The molecule has 14 heavy (non-hydrogen) atoms. The smallest absolute Gasteiger partial charge is 0.138 e. The summed E-state index contributed by atoms with van der Waals surface area (Å²) in [5, 5.41) is 0.692. The lowest BCUT2D eigenvalue weighted by atomic mass is 10.1. The molecule has 0 amide bonds. The second-order valence-corrected chi connectivity index (χ2v) is 4.52. The summed E-state index contributed by atoms with van der Waals surface area (Å²) in [4.78, 5) is 10.4. The summed E-state index contributed by atoms with van der Waals surface area (Å²) >= 11 is 23.2. The van der Waals surface area contributed by atoms with Gasteiger partial charge in [0.2, 0.25) is 0 Å². The third-order valence-corrected chi connectivity index (χ3v) is 2.80. The van der Waals surface area contributed by atoms with Gasteiger partial charge in [-0.3, -0.25) is 0 Å². The Morgan fingerprint density at radius 1 is 1.21 bits per heavy atom. The van der Waals surface area contributed by atoms with Crippen molar-refractivity contribution in [2.24, 2.45) is 0 Å². The van der Waals surface area contributed by atoms with Crippen LogP contribution in [-0.2, 0) is 11.2 Å². The van der Waals surface area contributed by atoms with Crippen LogP contribution >= 0.6 is 46.4 Å². The van der Waals surface area contributed by atoms with E-state index in [1.807, 2.05) is 0 Å². The van der Waals surface area contributed by atoms with Gasteiger partial charge in [0, 0.05) is 15.1 Å². The predicted molar refractivity (Wildman–Crippen MR) is 60.9 cm³/mol. The molecule has 0 aliphatic heterocycles. The van der Waals surface area contributed by atoms with Crippen LogP contribution in [0.4, 0.5) is 0 Å². The molecule has 0 aromatic heterocycles. The molecule has 1 unspecified atom stereocenters. The van der Waals surface area contributed by atoms with E-state index < -0.39 is 5.38 Å². The Balaban J connectivity index is 3.02. The second kappa shape index (κ2) is 5.22. The third kappa shape index (κ3) is 3.03. The number of rotatable bonds is 3. The summed E-state index contributed by atoms with van der Waals surface area (Å²) in [7, 11) is 0. The Morgan fingerprint density at radius 2 is 1.71 bits per heavy atom. The molecule has 0 heterocycles. The van der Waals surface area contributed by atoms with Crippen molar-refractivity contribution in [1.29, 1.82) is 0 Å². The normalized spacial score (nSPS) is 12.6. The molecule has 0 N–H and O–H groups in total. The fourth-order valence-electron chi connectivity index (χ4n) is 1.01. The highest BCUT2D eigenvalue weighted by atomic mass is 35.5. The first-order valence-corrected chi connectivity index (χ1v) is 5.34. The lowest BCUT2D eigenvalue weighted by Gasteiger charge is -2.08. The van der Waals surface area contributed by atoms with Crippen molar-refractivity contribution >= 4 is 52.7 Å². The minimum atomic E-state index is -0.619. The van der Waals surface area contributed by atoms with E-state index in [1.54, 1.807) is 12.1 Å². The highest BCUT2D eigenvalue weighted by Crippen LogP contribution is 2.30. The van der Waals surface area contributed by atoms with Gasteiger partial charge in [0.05, 0.1) is 5.38 Å². The number of alkyl halides is 1. The molecule has 0 fully saturated rings. The molecule has 1 atom stereocenters. The fourth-order valence-corrected chi connectivity index (χ4v) is 2.14. The van der Waals surface area contributed by atoms with Gasteiger partial charge in [-0.2, -0.15) is 0 Å². The molecule has 5 heteroatoms. The monoisotopic (exact) mass is 270 g/mol. The molecule has 0 spiro atoms. The molecule has 0 saturated heterocycles. The van der Waals surface area contributed by atoms with Crippen LogP contribution < -0.4 is 0 Å². The van der Waals surface area contributed by atoms with Crippen LogP contribution in [0, 0.1) is 0 Å². The Kier molecular flexibility index (Phi) is 4.52. The maximum atomic E-state index is 10.4. The maximum Gasteiger partial charge on any atom is 0.138 e. The van der Waals surface area contributed by atoms with Gasteiger partial charge >= 0.3 is 0 Å². The van der Waals surface area contributed by atoms with Crippen LogP contribution in [0.3, 0.4) is 0 Å². The zero-order chi connectivity index (χ0) is 10.7. The Labute approximate surface area is 102 Å². The zero-order valence-corrected chi connectivity index (χ0v) is 9.96. The van der Waals surface area contributed by atoms with Crippen LogP contribution in [0.1, 0.15) is 5.56 Å². The number of halogens is 4. The molecule has 0 saturated carbocycles. The van der Waals surface area contributed by atoms with E-state index in [1.165, 1.54) is 0 Å². The standard InChI is InChI=1S/C9H6Cl4O/c10-5-2-8(12)7(9(13)3-5)1-6(11)4-14/h2-4,6H,1H2. The molecular formula is C9H6Cl4O. The fraction of sp³-hybridized carbons (Fsp3) is 0.222. The van der Waals surface area contributed by atoms with E-state index in [4.69, 9.17) is 46.4 Å². The number of carbonyl (C=O) groups is 1. The number of hydrogen-bond acceptors (Lipinski definition) is 1. The highest BCUT2D eigenvalue weighted by Gasteiger charge is 2.12. The molecule has 1 aromatic rings. The minimum Gasteiger partial charge on any atom is -0.302 e. The molecule has 1 rings (SSSR count). The number of benzene rings is 1. The maximum absolute atomic E-state index is 10.4. The van der Waals surface area contributed by atoms with Crippen LogP contribution in [0.15, 0.2) is 12.1 Å². The second-order valence-electron chi connectivity index (χ2n) is 2.70. The van der Waals surface area contributed by atoms with E-state index in [-0.39, 0.29) is 0 Å². The van der Waals surface area contributed by atoms with E-state index >= 15 is 0 Å². The molecule has 76 valence electrons. The summed E-state index contributed by atoms with van der Waals surface area (Å²) in [6.45, 7) is 0. The Hall–Kier alpha value is 0.0500. The predicted octanol–water partition coefficient (Wildman–Crippen LogP) is 4.00. The van der Waals surface area contributed by atoms with Crippen molar-refractivity contribution in [3.8, 4) is 0 Å². The van der Waals surface area contributed by atoms with Gasteiger partial charge in [0.15, 0.2) is 0 Å². The zero-order valence-electron chi connectivity index (χ0n) is 6.94. The highest BCUT2D eigenvalue weighted by molar-refractivity contribution is 6.39. The van der Waals surface area contributed by atoms with E-state index in [9.17, 15) is 4.79 Å². The quantitative estimate of drug-likeness (QED) is 0.600. The van der Waals surface area contributed by atoms with Gasteiger partial charge in [-0.05, 0) is 24.1 Å². The lowest BCUT2D eigenvalue weighted by molar-refractivity contribution is -0.107. The molecule has 1 aromatic carbocycles. The van der Waals surface area contributed by atoms with E-state index in [0.717, 1.165) is 0 Å². The molecule has 0 radical (unpaired) electrons. The largest absolute Gasteiger partial charge is 0.302 e. The Bertz CT molecular complexity index is 328. The van der Waals surface area contributed by atoms with Crippen molar-refractivity contribution in [3.05, 3.63) is 32.8 Å². The lowest BCUT2D eigenvalue weighted by Crippen LogP contribution is -2.05. The average Bonchev–Trinajstić information content (AvgIpc) is 2.10. The molecule has 1 nitrogen and oxygen atoms in total. The third-order valence-electron chi connectivity index (χ3n) is 1.65. The SMILES string of the molecule is O=CC(Cl)Cc1c(Cl)cc(Cl)cc1Cl. The first-order chi connectivity index (χ1) is 6.54. The van der Waals surface area contributed by atoms with Gasteiger partial charge in [-0.25, -0.2) is 0 Å². The minimum absolute atomic E-state index is 0.305. The van der Waals surface area contributed by atoms with Crippen molar-refractivity contribution in [1.82, 2.24) is 0 Å². The molecule has 0 bridgehead atoms.